The second-order valence-corrected chi connectivity index (χ2v) is 10.7. The largest absolute Gasteiger partial charge is 0.495 e. The van der Waals surface area contributed by atoms with Crippen LogP contribution >= 0.6 is 11.6 Å². The summed E-state index contributed by atoms with van der Waals surface area (Å²) >= 11 is 6.11. The van der Waals surface area contributed by atoms with E-state index in [4.69, 9.17) is 16.3 Å². The standard InChI is InChI=1S/C24H32ClN3O4S/c1-18(28(33(3,30)31)22-15-21(25)11-12-23(22)32-2)24(29)26-16-19-9-5-6-10-20(19)17-27-13-7-4-8-14-27/h5-6,9-12,15,18H,4,7-8,13-14,16-17H2,1-3H3,(H,26,29)/t18-/m0/s1. The highest BCUT2D eigenvalue weighted by molar-refractivity contribution is 7.92. The van der Waals surface area contributed by atoms with Crippen LogP contribution in [0.3, 0.4) is 0 Å². The second kappa shape index (κ2) is 11.2. The number of ether oxygens (including phenoxy) is 1. The Morgan fingerprint density at radius 3 is 2.45 bits per heavy atom. The molecule has 0 saturated carbocycles. The van der Waals surface area contributed by atoms with Gasteiger partial charge in [-0.1, -0.05) is 42.3 Å². The number of methoxy groups -OCH3 is 1. The summed E-state index contributed by atoms with van der Waals surface area (Å²) in [6.07, 6.45) is 4.76. The maximum absolute atomic E-state index is 13.1. The number of nitrogens with one attached hydrogen (secondary N) is 1. The number of carbonyl (C=O) groups excluding carboxylic acids is 1. The van der Waals surface area contributed by atoms with Crippen LogP contribution in [0.1, 0.15) is 37.3 Å². The quantitative estimate of drug-likeness (QED) is 0.574. The Hall–Kier alpha value is -2.29. The zero-order valence-electron chi connectivity index (χ0n) is 19.4. The summed E-state index contributed by atoms with van der Waals surface area (Å²) in [4.78, 5) is 15.5. The fraction of sp³-hybridized carbons (Fsp3) is 0.458. The van der Waals surface area contributed by atoms with Crippen LogP contribution in [-0.4, -0.2) is 51.7 Å². The minimum absolute atomic E-state index is 0.223. The summed E-state index contributed by atoms with van der Waals surface area (Å²) in [7, 11) is -2.35. The van der Waals surface area contributed by atoms with Gasteiger partial charge >= 0.3 is 0 Å². The molecule has 0 spiro atoms. The van der Waals surface area contributed by atoms with Crippen LogP contribution in [0.2, 0.25) is 5.02 Å². The van der Waals surface area contributed by atoms with Crippen LogP contribution in [0.5, 0.6) is 5.75 Å². The Morgan fingerprint density at radius 1 is 1.15 bits per heavy atom. The van der Waals surface area contributed by atoms with Crippen molar-refractivity contribution in [2.45, 2.75) is 45.3 Å². The fourth-order valence-electron chi connectivity index (χ4n) is 4.19. The summed E-state index contributed by atoms with van der Waals surface area (Å²) < 4.78 is 31.7. The number of likely N-dealkylation sites (tertiary alicyclic amines) is 1. The van der Waals surface area contributed by atoms with Crippen molar-refractivity contribution < 1.29 is 17.9 Å². The number of amides is 1. The van der Waals surface area contributed by atoms with E-state index in [9.17, 15) is 13.2 Å². The molecule has 0 aromatic heterocycles. The van der Waals surface area contributed by atoms with Gasteiger partial charge in [0.25, 0.3) is 0 Å². The Morgan fingerprint density at radius 2 is 1.82 bits per heavy atom. The van der Waals surface area contributed by atoms with Gasteiger partial charge < -0.3 is 10.1 Å². The second-order valence-electron chi connectivity index (χ2n) is 8.37. The first-order valence-corrected chi connectivity index (χ1v) is 13.3. The Balaban J connectivity index is 1.76. The molecule has 33 heavy (non-hydrogen) atoms. The molecule has 1 aliphatic heterocycles. The summed E-state index contributed by atoms with van der Waals surface area (Å²) in [5.74, 6) is -0.0911. The van der Waals surface area contributed by atoms with E-state index >= 15 is 0 Å². The number of hydrogen-bond donors (Lipinski definition) is 1. The lowest BCUT2D eigenvalue weighted by Gasteiger charge is -2.30. The van der Waals surface area contributed by atoms with Crippen LogP contribution in [0, 0.1) is 0 Å². The predicted molar refractivity (Wildman–Crippen MR) is 132 cm³/mol. The molecule has 0 radical (unpaired) electrons. The van der Waals surface area contributed by atoms with Gasteiger partial charge in [-0.15, -0.1) is 0 Å². The third kappa shape index (κ3) is 6.62. The van der Waals surface area contributed by atoms with Crippen molar-refractivity contribution in [3.8, 4) is 5.75 Å². The molecule has 1 saturated heterocycles. The zero-order valence-corrected chi connectivity index (χ0v) is 21.0. The number of nitrogens with zero attached hydrogens (tertiary/aromatic N) is 2. The van der Waals surface area contributed by atoms with Gasteiger partial charge in [0.15, 0.2) is 0 Å². The summed E-state index contributed by atoms with van der Waals surface area (Å²) in [5.41, 5.74) is 2.42. The van der Waals surface area contributed by atoms with E-state index in [0.717, 1.165) is 35.8 Å². The first-order valence-electron chi connectivity index (χ1n) is 11.1. The Labute approximate surface area is 201 Å². The Bertz CT molecular complexity index is 1070. The molecule has 2 aromatic rings. The van der Waals surface area contributed by atoms with Gasteiger partial charge in [-0.05, 0) is 62.2 Å². The minimum Gasteiger partial charge on any atom is -0.495 e. The van der Waals surface area contributed by atoms with Gasteiger partial charge in [-0.25, -0.2) is 8.42 Å². The molecular weight excluding hydrogens is 462 g/mol. The van der Waals surface area contributed by atoms with E-state index in [1.165, 1.54) is 38.0 Å². The van der Waals surface area contributed by atoms with Crippen molar-refractivity contribution in [1.29, 1.82) is 0 Å². The lowest BCUT2D eigenvalue weighted by Crippen LogP contribution is -2.47. The molecule has 2 aromatic carbocycles. The number of halogens is 1. The van der Waals surface area contributed by atoms with Gasteiger partial charge in [0.2, 0.25) is 15.9 Å². The highest BCUT2D eigenvalue weighted by Gasteiger charge is 2.31. The number of anilines is 1. The molecule has 3 rings (SSSR count). The van der Waals surface area contributed by atoms with Crippen molar-refractivity contribution in [2.24, 2.45) is 0 Å². The molecule has 1 atom stereocenters. The van der Waals surface area contributed by atoms with Crippen molar-refractivity contribution in [1.82, 2.24) is 10.2 Å². The molecule has 1 fully saturated rings. The fourth-order valence-corrected chi connectivity index (χ4v) is 5.53. The lowest BCUT2D eigenvalue weighted by atomic mass is 10.0. The van der Waals surface area contributed by atoms with Crippen LogP contribution in [-0.2, 0) is 27.9 Å². The van der Waals surface area contributed by atoms with Gasteiger partial charge in [0.1, 0.15) is 11.8 Å². The van der Waals surface area contributed by atoms with Crippen LogP contribution in [0.25, 0.3) is 0 Å². The maximum atomic E-state index is 13.1. The lowest BCUT2D eigenvalue weighted by molar-refractivity contribution is -0.122. The SMILES string of the molecule is COc1ccc(Cl)cc1N([C@@H](C)C(=O)NCc1ccccc1CN1CCCCC1)S(C)(=O)=O. The molecule has 0 aliphatic carbocycles. The highest BCUT2D eigenvalue weighted by Crippen LogP contribution is 2.34. The molecule has 1 amide bonds. The molecule has 1 heterocycles. The normalized spacial score (nSPS) is 15.6. The van der Waals surface area contributed by atoms with Crippen LogP contribution < -0.4 is 14.4 Å². The van der Waals surface area contributed by atoms with Crippen molar-refractivity contribution in [3.05, 3.63) is 58.6 Å². The number of carbonyl (C=O) groups is 1. The van der Waals surface area contributed by atoms with E-state index in [2.05, 4.69) is 16.3 Å². The number of rotatable bonds is 9. The molecule has 1 aliphatic rings. The number of piperidine rings is 1. The molecule has 1 N–H and O–H groups in total. The average molecular weight is 494 g/mol. The van der Waals surface area contributed by atoms with Crippen LogP contribution in [0.15, 0.2) is 42.5 Å². The first kappa shape index (κ1) is 25.3. The van der Waals surface area contributed by atoms with Crippen molar-refractivity contribution in [3.63, 3.8) is 0 Å². The van der Waals surface area contributed by atoms with E-state index in [0.29, 0.717) is 17.3 Å². The number of benzene rings is 2. The van der Waals surface area contributed by atoms with Gasteiger partial charge in [-0.2, -0.15) is 0 Å². The number of sulfonamides is 1. The molecular formula is C24H32ClN3O4S. The van der Waals surface area contributed by atoms with Gasteiger partial charge in [-0.3, -0.25) is 14.0 Å². The third-order valence-electron chi connectivity index (χ3n) is 5.88. The van der Waals surface area contributed by atoms with E-state index in [1.807, 2.05) is 18.2 Å². The first-order chi connectivity index (χ1) is 15.7. The summed E-state index contributed by atoms with van der Waals surface area (Å²) in [5, 5.41) is 3.26. The van der Waals surface area contributed by atoms with Crippen molar-refractivity contribution in [2.75, 3.05) is 30.8 Å². The predicted octanol–water partition coefficient (Wildman–Crippen LogP) is 3.81. The average Bonchev–Trinajstić information content (AvgIpc) is 2.78. The van der Waals surface area contributed by atoms with E-state index in [1.54, 1.807) is 19.1 Å². The van der Waals surface area contributed by atoms with Gasteiger partial charge in [0.05, 0.1) is 19.1 Å². The molecule has 9 heteroatoms. The monoisotopic (exact) mass is 493 g/mol. The molecule has 7 nitrogen and oxygen atoms in total. The van der Waals surface area contributed by atoms with E-state index < -0.39 is 22.0 Å². The maximum Gasteiger partial charge on any atom is 0.243 e. The van der Waals surface area contributed by atoms with Gasteiger partial charge in [0, 0.05) is 18.1 Å². The highest BCUT2D eigenvalue weighted by atomic mass is 35.5. The summed E-state index contributed by atoms with van der Waals surface area (Å²) in [6.45, 7) is 4.88. The molecule has 0 bridgehead atoms. The van der Waals surface area contributed by atoms with Crippen LogP contribution in [0.4, 0.5) is 5.69 Å². The topological polar surface area (TPSA) is 79.0 Å². The molecule has 180 valence electrons. The smallest absolute Gasteiger partial charge is 0.243 e. The van der Waals surface area contributed by atoms with E-state index in [-0.39, 0.29) is 5.69 Å². The third-order valence-corrected chi connectivity index (χ3v) is 7.34. The zero-order chi connectivity index (χ0) is 24.0. The molecule has 0 unspecified atom stereocenters. The number of hydrogen-bond acceptors (Lipinski definition) is 5. The van der Waals surface area contributed by atoms with Crippen molar-refractivity contribution >= 4 is 33.2 Å². The summed E-state index contributed by atoms with van der Waals surface area (Å²) in [6, 6.07) is 11.7. The Kier molecular flexibility index (Phi) is 8.62. The minimum atomic E-state index is -3.79.